The van der Waals surface area contributed by atoms with Crippen molar-refractivity contribution in [2.75, 3.05) is 6.61 Å². The van der Waals surface area contributed by atoms with Crippen LogP contribution in [0.1, 0.15) is 21.5 Å². The van der Waals surface area contributed by atoms with Gasteiger partial charge in [0, 0.05) is 17.7 Å². The summed E-state index contributed by atoms with van der Waals surface area (Å²) >= 11 is 0. The fourth-order valence-electron chi connectivity index (χ4n) is 1.86. The molecule has 0 aliphatic carbocycles. The lowest BCUT2D eigenvalue weighted by molar-refractivity contribution is 0.103. The minimum absolute atomic E-state index is 0.0279. The second-order valence-corrected chi connectivity index (χ2v) is 4.01. The van der Waals surface area contributed by atoms with E-state index >= 15 is 0 Å². The van der Waals surface area contributed by atoms with Crippen LogP contribution in [0, 0.1) is 0 Å². The molecule has 2 aromatic carbocycles. The van der Waals surface area contributed by atoms with Crippen LogP contribution >= 0.6 is 0 Å². The summed E-state index contributed by atoms with van der Waals surface area (Å²) < 4.78 is 0. The predicted molar refractivity (Wildman–Crippen MR) is 68.8 cm³/mol. The summed E-state index contributed by atoms with van der Waals surface area (Å²) in [6.45, 7) is -0.0279. The Hall–Kier alpha value is -2.13. The van der Waals surface area contributed by atoms with Crippen LogP contribution in [0.25, 0.3) is 0 Å². The van der Waals surface area contributed by atoms with E-state index in [1.807, 2.05) is 6.07 Å². The van der Waals surface area contributed by atoms with Crippen molar-refractivity contribution in [3.05, 3.63) is 65.2 Å². The van der Waals surface area contributed by atoms with E-state index in [1.165, 1.54) is 12.1 Å². The van der Waals surface area contributed by atoms with Crippen LogP contribution in [0.15, 0.2) is 48.5 Å². The number of hydrogen-bond acceptors (Lipinski definition) is 3. The zero-order valence-electron chi connectivity index (χ0n) is 9.84. The summed E-state index contributed by atoms with van der Waals surface area (Å²) in [6.07, 6.45) is 0.397. The number of rotatable bonds is 4. The largest absolute Gasteiger partial charge is 0.508 e. The monoisotopic (exact) mass is 242 g/mol. The maximum atomic E-state index is 12.3. The molecule has 2 aromatic rings. The lowest BCUT2D eigenvalue weighted by atomic mass is 9.96. The maximum Gasteiger partial charge on any atom is 0.193 e. The van der Waals surface area contributed by atoms with Crippen LogP contribution in [0.3, 0.4) is 0 Å². The molecule has 0 unspecified atom stereocenters. The van der Waals surface area contributed by atoms with Gasteiger partial charge in [0.25, 0.3) is 0 Å². The van der Waals surface area contributed by atoms with E-state index in [0.717, 1.165) is 5.56 Å². The molecule has 3 nitrogen and oxygen atoms in total. The number of carbonyl (C=O) groups excluding carboxylic acids is 1. The molecule has 0 amide bonds. The Labute approximate surface area is 105 Å². The fraction of sp³-hybridized carbons (Fsp3) is 0.133. The van der Waals surface area contributed by atoms with Gasteiger partial charge in [0.15, 0.2) is 5.78 Å². The summed E-state index contributed by atoms with van der Waals surface area (Å²) in [4.78, 5) is 12.3. The lowest BCUT2D eigenvalue weighted by Crippen LogP contribution is -2.06. The highest BCUT2D eigenvalue weighted by atomic mass is 16.3. The summed E-state index contributed by atoms with van der Waals surface area (Å²) in [5.41, 5.74) is 1.75. The highest BCUT2D eigenvalue weighted by Crippen LogP contribution is 2.20. The van der Waals surface area contributed by atoms with Crippen LogP contribution in [-0.2, 0) is 6.42 Å². The van der Waals surface area contributed by atoms with E-state index in [4.69, 9.17) is 5.11 Å². The molecular weight excluding hydrogens is 228 g/mol. The quantitative estimate of drug-likeness (QED) is 0.808. The first-order chi connectivity index (χ1) is 8.72. The van der Waals surface area contributed by atoms with Gasteiger partial charge in [0.1, 0.15) is 5.75 Å². The molecule has 0 spiro atoms. The van der Waals surface area contributed by atoms with Crippen molar-refractivity contribution in [3.8, 4) is 5.75 Å². The van der Waals surface area contributed by atoms with Crippen molar-refractivity contribution >= 4 is 5.78 Å². The molecular formula is C15H14O3. The SMILES string of the molecule is O=C(c1ccccc1)c1cc(O)ccc1CCO. The van der Waals surface area contributed by atoms with Gasteiger partial charge in [-0.25, -0.2) is 0 Å². The van der Waals surface area contributed by atoms with Crippen molar-refractivity contribution in [1.82, 2.24) is 0 Å². The first kappa shape index (κ1) is 12.3. The summed E-state index contributed by atoms with van der Waals surface area (Å²) in [6, 6.07) is 13.5. The maximum absolute atomic E-state index is 12.3. The minimum atomic E-state index is -0.144. The Bertz CT molecular complexity index is 547. The molecule has 3 heteroatoms. The lowest BCUT2D eigenvalue weighted by Gasteiger charge is -2.08. The molecule has 0 saturated heterocycles. The highest BCUT2D eigenvalue weighted by Gasteiger charge is 2.13. The Balaban J connectivity index is 2.43. The Kier molecular flexibility index (Phi) is 3.75. The average Bonchev–Trinajstić information content (AvgIpc) is 2.41. The van der Waals surface area contributed by atoms with Gasteiger partial charge >= 0.3 is 0 Å². The molecule has 0 radical (unpaired) electrons. The number of hydrogen-bond donors (Lipinski definition) is 2. The molecule has 0 aliphatic rings. The third kappa shape index (κ3) is 2.57. The van der Waals surface area contributed by atoms with Crippen LogP contribution < -0.4 is 0 Å². The molecule has 0 bridgehead atoms. The zero-order valence-corrected chi connectivity index (χ0v) is 9.84. The van der Waals surface area contributed by atoms with Crippen molar-refractivity contribution in [2.45, 2.75) is 6.42 Å². The predicted octanol–water partition coefficient (Wildman–Crippen LogP) is 2.16. The number of aliphatic hydroxyl groups excluding tert-OH is 1. The normalized spacial score (nSPS) is 10.3. The Morgan fingerprint density at radius 1 is 1.06 bits per heavy atom. The molecule has 0 aromatic heterocycles. The first-order valence-electron chi connectivity index (χ1n) is 5.75. The molecule has 0 saturated carbocycles. The second-order valence-electron chi connectivity index (χ2n) is 4.01. The number of phenolic OH excluding ortho intramolecular Hbond substituents is 1. The average molecular weight is 242 g/mol. The van der Waals surface area contributed by atoms with E-state index in [0.29, 0.717) is 17.5 Å². The molecule has 0 atom stereocenters. The summed E-state index contributed by atoms with van der Waals surface area (Å²) in [7, 11) is 0. The van der Waals surface area contributed by atoms with Gasteiger partial charge in [-0.2, -0.15) is 0 Å². The fourth-order valence-corrected chi connectivity index (χ4v) is 1.86. The van der Waals surface area contributed by atoms with Gasteiger partial charge in [-0.3, -0.25) is 4.79 Å². The van der Waals surface area contributed by atoms with Gasteiger partial charge in [-0.15, -0.1) is 0 Å². The van der Waals surface area contributed by atoms with Crippen LogP contribution in [0.4, 0.5) is 0 Å². The topological polar surface area (TPSA) is 57.5 Å². The van der Waals surface area contributed by atoms with Gasteiger partial charge < -0.3 is 10.2 Å². The highest BCUT2D eigenvalue weighted by molar-refractivity contribution is 6.10. The van der Waals surface area contributed by atoms with Crippen LogP contribution in [0.2, 0.25) is 0 Å². The van der Waals surface area contributed by atoms with Gasteiger partial charge in [0.05, 0.1) is 0 Å². The molecule has 92 valence electrons. The third-order valence-corrected chi connectivity index (χ3v) is 2.76. The Morgan fingerprint density at radius 2 is 1.78 bits per heavy atom. The number of benzene rings is 2. The molecule has 2 N–H and O–H groups in total. The van der Waals surface area contributed by atoms with Gasteiger partial charge in [-0.05, 0) is 24.1 Å². The number of carbonyl (C=O) groups is 1. The van der Waals surface area contributed by atoms with Gasteiger partial charge in [0.2, 0.25) is 0 Å². The smallest absolute Gasteiger partial charge is 0.193 e. The van der Waals surface area contributed by atoms with E-state index in [2.05, 4.69) is 0 Å². The van der Waals surface area contributed by atoms with Crippen molar-refractivity contribution in [2.24, 2.45) is 0 Å². The van der Waals surface area contributed by atoms with Crippen molar-refractivity contribution < 1.29 is 15.0 Å². The van der Waals surface area contributed by atoms with Gasteiger partial charge in [-0.1, -0.05) is 36.4 Å². The van der Waals surface area contributed by atoms with Crippen LogP contribution in [-0.4, -0.2) is 22.6 Å². The van der Waals surface area contributed by atoms with E-state index in [9.17, 15) is 9.90 Å². The standard InChI is InChI=1S/C15H14O3/c16-9-8-11-6-7-13(17)10-14(11)15(18)12-4-2-1-3-5-12/h1-7,10,16-17H,8-9H2. The van der Waals surface area contributed by atoms with E-state index < -0.39 is 0 Å². The number of aliphatic hydroxyl groups is 1. The molecule has 0 fully saturated rings. The van der Waals surface area contributed by atoms with E-state index in [1.54, 1.807) is 30.3 Å². The second kappa shape index (κ2) is 5.47. The number of aromatic hydroxyl groups is 1. The molecule has 18 heavy (non-hydrogen) atoms. The zero-order chi connectivity index (χ0) is 13.0. The van der Waals surface area contributed by atoms with Crippen LogP contribution in [0.5, 0.6) is 5.75 Å². The van der Waals surface area contributed by atoms with Crippen molar-refractivity contribution in [1.29, 1.82) is 0 Å². The number of ketones is 1. The number of phenols is 1. The Morgan fingerprint density at radius 3 is 2.44 bits per heavy atom. The summed E-state index contributed by atoms with van der Waals surface area (Å²) in [5.74, 6) is -0.0917. The summed E-state index contributed by atoms with van der Waals surface area (Å²) in [5, 5.41) is 18.5. The third-order valence-electron chi connectivity index (χ3n) is 2.76. The molecule has 2 rings (SSSR count). The minimum Gasteiger partial charge on any atom is -0.508 e. The van der Waals surface area contributed by atoms with Crippen molar-refractivity contribution in [3.63, 3.8) is 0 Å². The first-order valence-corrected chi connectivity index (χ1v) is 5.75. The molecule has 0 aliphatic heterocycles. The van der Waals surface area contributed by atoms with E-state index in [-0.39, 0.29) is 18.1 Å². The molecule has 0 heterocycles.